The number of furan rings is 1. The van der Waals surface area contributed by atoms with Crippen molar-refractivity contribution >= 4 is 52.3 Å². The molecule has 0 aliphatic carbocycles. The van der Waals surface area contributed by atoms with Crippen LogP contribution in [0.2, 0.25) is 10.0 Å². The molecule has 0 bridgehead atoms. The number of hydrogen-bond donors (Lipinski definition) is 1. The van der Waals surface area contributed by atoms with Gasteiger partial charge in [-0.05, 0) is 50.1 Å². The number of aliphatic carboxylic acids is 1. The average Bonchev–Trinajstić information content (AvgIpc) is 3.40. The van der Waals surface area contributed by atoms with Crippen LogP contribution in [-0.2, 0) is 9.59 Å². The van der Waals surface area contributed by atoms with Gasteiger partial charge in [0.25, 0.3) is 0 Å². The van der Waals surface area contributed by atoms with Crippen molar-refractivity contribution in [2.75, 3.05) is 0 Å². The summed E-state index contributed by atoms with van der Waals surface area (Å²) in [6.07, 6.45) is 5.41. The molecule has 2 heterocycles. The molecule has 0 unspecified atom stereocenters. The van der Waals surface area contributed by atoms with Crippen LogP contribution in [0.4, 0.5) is 0 Å². The third-order valence-corrected chi connectivity index (χ3v) is 7.75. The van der Waals surface area contributed by atoms with E-state index >= 15 is 0 Å². The second kappa shape index (κ2) is 11.8. The summed E-state index contributed by atoms with van der Waals surface area (Å²) < 4.78 is 6.03. The number of benzene rings is 1. The minimum absolute atomic E-state index is 0.0852. The van der Waals surface area contributed by atoms with Crippen molar-refractivity contribution in [3.8, 4) is 11.3 Å². The molecule has 2 aromatic rings. The molecule has 3 rings (SSSR count). The van der Waals surface area contributed by atoms with Crippen molar-refractivity contribution in [1.82, 2.24) is 0 Å². The quantitative estimate of drug-likeness (QED) is 0.200. The van der Waals surface area contributed by atoms with Crippen LogP contribution < -0.4 is 0 Å². The van der Waals surface area contributed by atoms with Crippen molar-refractivity contribution in [3.05, 3.63) is 68.3 Å². The Labute approximate surface area is 208 Å². The highest BCUT2D eigenvalue weighted by molar-refractivity contribution is 8.08. The maximum absolute atomic E-state index is 13.2. The average molecular weight is 505 g/mol. The lowest BCUT2D eigenvalue weighted by atomic mass is 9.94. The second-order valence-corrected chi connectivity index (χ2v) is 9.87. The van der Waals surface area contributed by atoms with Gasteiger partial charge in [0.2, 0.25) is 0 Å². The molecule has 4 nitrogen and oxygen atoms in total. The highest BCUT2D eigenvalue weighted by atomic mass is 35.5. The molecule has 1 aromatic carbocycles. The van der Waals surface area contributed by atoms with E-state index in [0.29, 0.717) is 32.9 Å². The van der Waals surface area contributed by atoms with E-state index in [1.165, 1.54) is 11.8 Å². The van der Waals surface area contributed by atoms with Crippen LogP contribution in [0, 0.1) is 5.92 Å². The number of halogens is 2. The standard InChI is InChI=1S/C26H26Cl2O4S/c1-3-23-18(9-7-5-4-6-8-10-24(29)30)25(31)26(33-23)16(2)21-13-14-22(32-21)17-11-12-19(27)20(28)15-17/h11-15,18H,1,4-10H2,2H3,(H,29,30)/b26-16-/t18-/m0/s1. The van der Waals surface area contributed by atoms with E-state index < -0.39 is 5.97 Å². The summed E-state index contributed by atoms with van der Waals surface area (Å²) in [5, 5.41) is 9.63. The fraction of sp³-hybridized carbons (Fsp3) is 0.346. The minimum atomic E-state index is -0.750. The number of unbranched alkanes of at least 4 members (excludes halogenated alkanes) is 4. The number of allylic oxidation sites excluding steroid dienone is 3. The Balaban J connectivity index is 1.66. The normalized spacial score (nSPS) is 17.4. The molecule has 1 atom stereocenters. The molecule has 1 aromatic heterocycles. The first kappa shape index (κ1) is 25.5. The lowest BCUT2D eigenvalue weighted by Crippen LogP contribution is -2.09. The number of rotatable bonds is 10. The number of carboxylic acids is 1. The fourth-order valence-corrected chi connectivity index (χ4v) is 5.26. The van der Waals surface area contributed by atoms with Gasteiger partial charge >= 0.3 is 5.97 Å². The summed E-state index contributed by atoms with van der Waals surface area (Å²) >= 11 is 13.5. The van der Waals surface area contributed by atoms with Crippen LogP contribution in [0.3, 0.4) is 0 Å². The van der Waals surface area contributed by atoms with Gasteiger partial charge in [-0.25, -0.2) is 0 Å². The largest absolute Gasteiger partial charge is 0.481 e. The fourth-order valence-electron chi connectivity index (χ4n) is 3.80. The molecule has 0 amide bonds. The van der Waals surface area contributed by atoms with E-state index in [9.17, 15) is 9.59 Å². The molecular formula is C26H26Cl2O4S. The lowest BCUT2D eigenvalue weighted by Gasteiger charge is -2.08. The van der Waals surface area contributed by atoms with Gasteiger partial charge in [-0.2, -0.15) is 0 Å². The van der Waals surface area contributed by atoms with Crippen LogP contribution in [-0.4, -0.2) is 16.9 Å². The maximum Gasteiger partial charge on any atom is 0.303 e. The van der Waals surface area contributed by atoms with Gasteiger partial charge in [0.1, 0.15) is 11.5 Å². The van der Waals surface area contributed by atoms with Gasteiger partial charge in [0.05, 0.1) is 20.9 Å². The smallest absolute Gasteiger partial charge is 0.303 e. The van der Waals surface area contributed by atoms with Crippen molar-refractivity contribution in [2.24, 2.45) is 5.92 Å². The van der Waals surface area contributed by atoms with E-state index in [1.807, 2.05) is 25.1 Å². The second-order valence-electron chi connectivity index (χ2n) is 8.01. The minimum Gasteiger partial charge on any atom is -0.481 e. The third-order valence-electron chi connectivity index (χ3n) is 5.65. The van der Waals surface area contributed by atoms with E-state index in [4.69, 9.17) is 32.7 Å². The van der Waals surface area contributed by atoms with Crippen molar-refractivity contribution < 1.29 is 19.1 Å². The molecule has 33 heavy (non-hydrogen) atoms. The van der Waals surface area contributed by atoms with Gasteiger partial charge in [0.15, 0.2) is 5.78 Å². The number of carbonyl (C=O) groups is 2. The number of Topliss-reactive ketones (excluding diaryl/α,β-unsaturated/α-hetero) is 1. The van der Waals surface area contributed by atoms with Gasteiger partial charge < -0.3 is 9.52 Å². The summed E-state index contributed by atoms with van der Waals surface area (Å²) in [5.41, 5.74) is 4.55. The van der Waals surface area contributed by atoms with Crippen LogP contribution in [0.5, 0.6) is 0 Å². The predicted octanol–water partition coefficient (Wildman–Crippen LogP) is 8.40. The number of carbonyl (C=O) groups excluding carboxylic acids is 1. The summed E-state index contributed by atoms with van der Waals surface area (Å²) in [6.45, 7) is 5.67. The molecule has 1 aliphatic heterocycles. The van der Waals surface area contributed by atoms with Crippen LogP contribution in [0.1, 0.15) is 57.6 Å². The van der Waals surface area contributed by atoms with Gasteiger partial charge in [-0.3, -0.25) is 9.59 Å². The molecule has 7 heteroatoms. The van der Waals surface area contributed by atoms with Crippen LogP contribution in [0.25, 0.3) is 16.9 Å². The molecule has 1 saturated heterocycles. The summed E-state index contributed by atoms with van der Waals surface area (Å²) in [7, 11) is 0. The molecule has 1 aliphatic rings. The first-order chi connectivity index (χ1) is 15.8. The van der Waals surface area contributed by atoms with E-state index in [2.05, 4.69) is 12.3 Å². The topological polar surface area (TPSA) is 67.5 Å². The van der Waals surface area contributed by atoms with E-state index in [0.717, 1.165) is 48.1 Å². The molecule has 0 spiro atoms. The van der Waals surface area contributed by atoms with Crippen molar-refractivity contribution in [2.45, 2.75) is 51.9 Å². The van der Waals surface area contributed by atoms with Gasteiger partial charge in [-0.15, -0.1) is 5.73 Å². The Morgan fingerprint density at radius 2 is 1.85 bits per heavy atom. The number of ketones is 1. The molecule has 1 fully saturated rings. The predicted molar refractivity (Wildman–Crippen MR) is 135 cm³/mol. The Hall–Kier alpha value is -2.17. The zero-order valence-corrected chi connectivity index (χ0v) is 20.8. The molecule has 174 valence electrons. The third kappa shape index (κ3) is 6.45. The molecule has 0 radical (unpaired) electrons. The first-order valence-electron chi connectivity index (χ1n) is 10.9. The molecular weight excluding hydrogens is 479 g/mol. The van der Waals surface area contributed by atoms with E-state index in [1.54, 1.807) is 12.1 Å². The van der Waals surface area contributed by atoms with Crippen molar-refractivity contribution in [1.29, 1.82) is 0 Å². The van der Waals surface area contributed by atoms with E-state index in [-0.39, 0.29) is 18.1 Å². The van der Waals surface area contributed by atoms with Gasteiger partial charge in [0, 0.05) is 22.5 Å². The lowest BCUT2D eigenvalue weighted by molar-refractivity contribution is -0.137. The van der Waals surface area contributed by atoms with Gasteiger partial charge in [-0.1, -0.05) is 67.2 Å². The SMILES string of the molecule is C=C=C1S/C(=C(/C)c2ccc(-c3ccc(Cl)c(Cl)c3)o2)C(=O)[C@H]1CCCCCCCC(=O)O. The Bertz CT molecular complexity index is 1130. The molecule has 0 saturated carbocycles. The monoisotopic (exact) mass is 504 g/mol. The summed E-state index contributed by atoms with van der Waals surface area (Å²) in [5.74, 6) is 0.398. The summed E-state index contributed by atoms with van der Waals surface area (Å²) in [6, 6.07) is 9.03. The van der Waals surface area contributed by atoms with Crippen LogP contribution >= 0.6 is 35.0 Å². The van der Waals surface area contributed by atoms with Crippen molar-refractivity contribution in [3.63, 3.8) is 0 Å². The van der Waals surface area contributed by atoms with Crippen LogP contribution in [0.15, 0.2) is 56.9 Å². The zero-order chi connectivity index (χ0) is 24.0. The number of hydrogen-bond acceptors (Lipinski definition) is 4. The highest BCUT2D eigenvalue weighted by Gasteiger charge is 2.36. The first-order valence-corrected chi connectivity index (χ1v) is 12.5. The summed E-state index contributed by atoms with van der Waals surface area (Å²) in [4.78, 5) is 25.3. The Kier molecular flexibility index (Phi) is 9.10. The zero-order valence-electron chi connectivity index (χ0n) is 18.5. The Morgan fingerprint density at radius 3 is 2.55 bits per heavy atom. The molecule has 1 N–H and O–H groups in total. The Morgan fingerprint density at radius 1 is 1.12 bits per heavy atom. The maximum atomic E-state index is 13.2. The highest BCUT2D eigenvalue weighted by Crippen LogP contribution is 2.47. The number of carboxylic acid groups (broad SMARTS) is 1. The number of thioether (sulfide) groups is 1.